The standard InChI is InChI=1S/La.H3O4P.Zr/c;1-5(2,3)4;/h;(H3,1,2,3,4);. The van der Waals surface area contributed by atoms with Crippen molar-refractivity contribution in [3.05, 3.63) is 0 Å². The van der Waals surface area contributed by atoms with Crippen LogP contribution in [0.5, 0.6) is 0 Å². The van der Waals surface area contributed by atoms with Crippen molar-refractivity contribution >= 4 is 7.82 Å². The molecule has 0 amide bonds. The molecule has 39 valence electrons. The Hall–Kier alpha value is 2.19. The van der Waals surface area contributed by atoms with Crippen molar-refractivity contribution in [2.24, 2.45) is 0 Å². The smallest absolute Gasteiger partial charge is 0.303 e. The molecule has 0 aromatic rings. The van der Waals surface area contributed by atoms with E-state index in [2.05, 4.69) is 0 Å². The second kappa shape index (κ2) is 6.31. The first-order chi connectivity index (χ1) is 2.00. The fourth-order valence-corrected chi connectivity index (χ4v) is 0. The van der Waals surface area contributed by atoms with Crippen LogP contribution in [0.1, 0.15) is 0 Å². The maximum absolute atomic E-state index is 8.88. The van der Waals surface area contributed by atoms with Crippen LogP contribution >= 0.6 is 7.82 Å². The monoisotopic (exact) mass is 327 g/mol. The van der Waals surface area contributed by atoms with Crippen molar-refractivity contribution < 1.29 is 81.0 Å². The molecule has 0 atom stereocenters. The van der Waals surface area contributed by atoms with Gasteiger partial charge in [-0.15, -0.1) is 0 Å². The van der Waals surface area contributed by atoms with Gasteiger partial charge in [-0.05, 0) is 0 Å². The molecule has 0 rings (SSSR count). The van der Waals surface area contributed by atoms with Crippen LogP contribution in [-0.4, -0.2) is 14.7 Å². The van der Waals surface area contributed by atoms with Crippen LogP contribution < -0.4 is 0 Å². The summed E-state index contributed by atoms with van der Waals surface area (Å²) < 4.78 is 8.88. The van der Waals surface area contributed by atoms with Gasteiger partial charge in [-0.1, -0.05) is 0 Å². The molecule has 0 spiro atoms. The van der Waals surface area contributed by atoms with Gasteiger partial charge in [0.2, 0.25) is 0 Å². The molecule has 0 aromatic carbocycles. The van der Waals surface area contributed by atoms with Gasteiger partial charge in [0.05, 0.1) is 0 Å². The molecule has 4 nitrogen and oxygen atoms in total. The molecular formula is H3LaO4PZr. The molecule has 0 bridgehead atoms. The Kier molecular flexibility index (Phi) is 14.5. The van der Waals surface area contributed by atoms with Crippen LogP contribution in [0.15, 0.2) is 0 Å². The summed E-state index contributed by atoms with van der Waals surface area (Å²) >= 11 is 0. The molecule has 1 radical (unpaired) electrons. The molecule has 0 aromatic heterocycles. The van der Waals surface area contributed by atoms with Crippen molar-refractivity contribution in [2.45, 2.75) is 0 Å². The topological polar surface area (TPSA) is 77.8 Å². The van der Waals surface area contributed by atoms with E-state index in [4.69, 9.17) is 19.2 Å². The van der Waals surface area contributed by atoms with E-state index in [1.54, 1.807) is 0 Å². The molecule has 0 heterocycles. The Bertz CT molecular complexity index is 57.8. The van der Waals surface area contributed by atoms with E-state index in [-0.39, 0.29) is 61.8 Å². The van der Waals surface area contributed by atoms with Gasteiger partial charge in [0.1, 0.15) is 0 Å². The summed E-state index contributed by atoms with van der Waals surface area (Å²) in [5.74, 6) is 0. The molecule has 7 heteroatoms. The number of rotatable bonds is 0. The van der Waals surface area contributed by atoms with Gasteiger partial charge in [0.25, 0.3) is 0 Å². The summed E-state index contributed by atoms with van der Waals surface area (Å²) in [5.41, 5.74) is 0. The second-order valence-corrected chi connectivity index (χ2v) is 1.54. The molecular weight excluding hydrogens is 325 g/mol. The van der Waals surface area contributed by atoms with Crippen molar-refractivity contribution in [3.63, 3.8) is 0 Å². The molecule has 0 fully saturated rings. The van der Waals surface area contributed by atoms with Gasteiger partial charge >= 0.3 is 7.82 Å². The quantitative estimate of drug-likeness (QED) is 0.502. The zero-order chi connectivity index (χ0) is 4.50. The normalized spacial score (nSPS) is 8.43. The summed E-state index contributed by atoms with van der Waals surface area (Å²) in [5, 5.41) is 0. The van der Waals surface area contributed by atoms with E-state index >= 15 is 0 Å². The maximum atomic E-state index is 8.88. The van der Waals surface area contributed by atoms with Crippen LogP contribution in [-0.2, 0) is 30.8 Å². The third-order valence-corrected chi connectivity index (χ3v) is 0. The summed E-state index contributed by atoms with van der Waals surface area (Å²) in [6.07, 6.45) is 0. The zero-order valence-corrected chi connectivity index (χ0v) is 10.3. The van der Waals surface area contributed by atoms with E-state index in [1.165, 1.54) is 0 Å². The predicted molar refractivity (Wildman–Crippen MR) is 14.3 cm³/mol. The molecule has 0 saturated carbocycles. The van der Waals surface area contributed by atoms with Gasteiger partial charge in [-0.25, -0.2) is 4.57 Å². The summed E-state index contributed by atoms with van der Waals surface area (Å²) in [7, 11) is -4.64. The Balaban J connectivity index is -0.0000000800. The zero-order valence-electron chi connectivity index (χ0n) is 3.27. The molecule has 0 aliphatic carbocycles. The van der Waals surface area contributed by atoms with Gasteiger partial charge in [0, 0.05) is 61.8 Å². The third kappa shape index (κ3) is 65.5. The summed E-state index contributed by atoms with van der Waals surface area (Å²) in [6, 6.07) is 0. The van der Waals surface area contributed by atoms with Gasteiger partial charge in [-0.3, -0.25) is 0 Å². The number of hydrogen-bond donors (Lipinski definition) is 3. The minimum absolute atomic E-state index is 0. The number of phosphoric acid groups is 1. The second-order valence-electron chi connectivity index (χ2n) is 0.513. The third-order valence-electron chi connectivity index (χ3n) is 0. The Labute approximate surface area is 87.7 Å². The van der Waals surface area contributed by atoms with Crippen LogP contribution in [0.4, 0.5) is 0 Å². The average molecular weight is 328 g/mol. The Morgan fingerprint density at radius 3 is 1.14 bits per heavy atom. The molecule has 7 heavy (non-hydrogen) atoms. The molecule has 3 N–H and O–H groups in total. The summed E-state index contributed by atoms with van der Waals surface area (Å²) in [4.78, 5) is 21.6. The minimum atomic E-state index is -4.64. The molecule has 0 saturated heterocycles. The van der Waals surface area contributed by atoms with Crippen LogP contribution in [0.3, 0.4) is 0 Å². The Morgan fingerprint density at radius 2 is 1.14 bits per heavy atom. The first kappa shape index (κ1) is 16.1. The van der Waals surface area contributed by atoms with E-state index in [9.17, 15) is 0 Å². The van der Waals surface area contributed by atoms with Crippen molar-refractivity contribution in [3.8, 4) is 0 Å². The molecule has 0 aliphatic rings. The minimum Gasteiger partial charge on any atom is -0.303 e. The number of hydrogen-bond acceptors (Lipinski definition) is 1. The van der Waals surface area contributed by atoms with Crippen molar-refractivity contribution in [1.29, 1.82) is 0 Å². The van der Waals surface area contributed by atoms with Gasteiger partial charge in [-0.2, -0.15) is 0 Å². The predicted octanol–water partition coefficient (Wildman–Crippen LogP) is -0.931. The van der Waals surface area contributed by atoms with Crippen LogP contribution in [0, 0.1) is 35.6 Å². The summed E-state index contributed by atoms with van der Waals surface area (Å²) in [6.45, 7) is 0. The first-order valence-electron chi connectivity index (χ1n) is 0.783. The van der Waals surface area contributed by atoms with E-state index in [1.807, 2.05) is 0 Å². The van der Waals surface area contributed by atoms with Crippen LogP contribution in [0.25, 0.3) is 0 Å². The van der Waals surface area contributed by atoms with E-state index in [0.717, 1.165) is 0 Å². The molecule has 0 unspecified atom stereocenters. The fraction of sp³-hybridized carbons (Fsp3) is 0. The van der Waals surface area contributed by atoms with E-state index in [0.29, 0.717) is 0 Å². The van der Waals surface area contributed by atoms with Crippen LogP contribution in [0.2, 0.25) is 0 Å². The fourth-order valence-electron chi connectivity index (χ4n) is 0. The average Bonchev–Trinajstić information content (AvgIpc) is 0.722. The SMILES string of the molecule is O=P(O)(O)O.[La].[Zr]. The molecule has 0 aliphatic heterocycles. The van der Waals surface area contributed by atoms with Crippen molar-refractivity contribution in [2.75, 3.05) is 0 Å². The van der Waals surface area contributed by atoms with Gasteiger partial charge in [0.15, 0.2) is 0 Å². The first-order valence-corrected chi connectivity index (χ1v) is 2.35. The Morgan fingerprint density at radius 1 is 1.14 bits per heavy atom. The van der Waals surface area contributed by atoms with Gasteiger partial charge < -0.3 is 14.7 Å². The maximum Gasteiger partial charge on any atom is 0.466 e. The largest absolute Gasteiger partial charge is 0.466 e. The van der Waals surface area contributed by atoms with E-state index < -0.39 is 7.82 Å². The van der Waals surface area contributed by atoms with Crippen molar-refractivity contribution in [1.82, 2.24) is 0 Å².